The van der Waals surface area contributed by atoms with Crippen LogP contribution >= 0.6 is 0 Å². The van der Waals surface area contributed by atoms with E-state index in [9.17, 15) is 18.0 Å². The van der Waals surface area contributed by atoms with Crippen molar-refractivity contribution < 1.29 is 22.5 Å². The summed E-state index contributed by atoms with van der Waals surface area (Å²) in [7, 11) is 0. The summed E-state index contributed by atoms with van der Waals surface area (Å²) in [6.45, 7) is 1.46. The van der Waals surface area contributed by atoms with Gasteiger partial charge in [0.1, 0.15) is 5.69 Å². The summed E-state index contributed by atoms with van der Waals surface area (Å²) in [6, 6.07) is 2.54. The van der Waals surface area contributed by atoms with Crippen LogP contribution in [0.5, 0.6) is 0 Å². The van der Waals surface area contributed by atoms with E-state index >= 15 is 0 Å². The van der Waals surface area contributed by atoms with Crippen LogP contribution in [0.4, 0.5) is 19.1 Å². The lowest BCUT2D eigenvalue weighted by Crippen LogP contribution is -2.41. The molecule has 2 fully saturated rings. The maximum Gasteiger partial charge on any atom is 0.433 e. The van der Waals surface area contributed by atoms with E-state index in [1.807, 2.05) is 0 Å². The second-order valence-corrected chi connectivity index (χ2v) is 7.29. The number of carbonyl (C=O) groups excluding carboxylic acids is 1. The zero-order chi connectivity index (χ0) is 19.7. The van der Waals surface area contributed by atoms with E-state index in [2.05, 4.69) is 20.4 Å². The quantitative estimate of drug-likeness (QED) is 0.838. The first-order valence-electron chi connectivity index (χ1n) is 9.30. The van der Waals surface area contributed by atoms with Crippen LogP contribution in [0.1, 0.15) is 53.5 Å². The van der Waals surface area contributed by atoms with Crippen LogP contribution in [0, 0.1) is 5.92 Å². The minimum absolute atomic E-state index is 0.0650. The zero-order valence-electron chi connectivity index (χ0n) is 15.1. The molecule has 0 aromatic carbocycles. The van der Waals surface area contributed by atoms with E-state index in [1.54, 1.807) is 11.0 Å². The second-order valence-electron chi connectivity index (χ2n) is 7.29. The number of piperidine rings is 1. The van der Waals surface area contributed by atoms with Gasteiger partial charge >= 0.3 is 6.18 Å². The van der Waals surface area contributed by atoms with Crippen LogP contribution in [0.3, 0.4) is 0 Å². The highest BCUT2D eigenvalue weighted by molar-refractivity contribution is 5.91. The Hall–Kier alpha value is -2.65. The molecule has 150 valence electrons. The number of amides is 1. The Kier molecular flexibility index (Phi) is 4.94. The largest absolute Gasteiger partial charge is 0.433 e. The van der Waals surface area contributed by atoms with Crippen molar-refractivity contribution in [3.05, 3.63) is 35.5 Å². The van der Waals surface area contributed by atoms with E-state index in [-0.39, 0.29) is 23.5 Å². The molecule has 1 atom stereocenters. The van der Waals surface area contributed by atoms with Crippen LogP contribution in [-0.2, 0) is 6.18 Å². The number of halogens is 3. The fourth-order valence-corrected chi connectivity index (χ4v) is 3.36. The Morgan fingerprint density at radius 1 is 1.32 bits per heavy atom. The topological polar surface area (TPSA) is 84.2 Å². The van der Waals surface area contributed by atoms with Gasteiger partial charge in [-0.2, -0.15) is 13.2 Å². The van der Waals surface area contributed by atoms with Crippen molar-refractivity contribution in [1.82, 2.24) is 20.4 Å². The number of carbonyl (C=O) groups is 1. The highest BCUT2D eigenvalue weighted by Gasteiger charge is 2.34. The van der Waals surface area contributed by atoms with Gasteiger partial charge in [0.2, 0.25) is 11.7 Å². The van der Waals surface area contributed by atoms with Crippen LogP contribution in [-0.4, -0.2) is 40.7 Å². The van der Waals surface area contributed by atoms with Gasteiger partial charge in [0.05, 0.1) is 5.69 Å². The number of aromatic nitrogens is 3. The summed E-state index contributed by atoms with van der Waals surface area (Å²) in [4.78, 5) is 21.6. The Morgan fingerprint density at radius 3 is 2.89 bits per heavy atom. The molecule has 7 nitrogen and oxygen atoms in total. The minimum Gasteiger partial charge on any atom is -0.351 e. The van der Waals surface area contributed by atoms with Gasteiger partial charge in [-0.05, 0) is 37.7 Å². The molecule has 3 heterocycles. The predicted molar refractivity (Wildman–Crippen MR) is 92.8 cm³/mol. The van der Waals surface area contributed by atoms with Crippen molar-refractivity contribution in [1.29, 1.82) is 0 Å². The van der Waals surface area contributed by atoms with Gasteiger partial charge in [0.15, 0.2) is 0 Å². The van der Waals surface area contributed by atoms with Gasteiger partial charge in [-0.15, -0.1) is 0 Å². The van der Waals surface area contributed by atoms with Crippen LogP contribution < -0.4 is 10.2 Å². The number of alkyl halides is 3. The molecule has 1 aliphatic carbocycles. The molecule has 2 aliphatic rings. The average molecular weight is 395 g/mol. The third kappa shape index (κ3) is 4.26. The Labute approximate surface area is 159 Å². The summed E-state index contributed by atoms with van der Waals surface area (Å²) >= 11 is 0. The highest BCUT2D eigenvalue weighted by atomic mass is 19.4. The minimum atomic E-state index is -4.50. The normalized spacial score (nSPS) is 20.2. The summed E-state index contributed by atoms with van der Waals surface area (Å²) in [5.74, 6) is 0.420. The lowest BCUT2D eigenvalue weighted by atomic mass is 9.98. The SMILES string of the molecule is O=C(NCC1CCCN(c2nccc(C(F)(F)F)n2)C1)c1cc(C2CC2)no1. The lowest BCUT2D eigenvalue weighted by molar-refractivity contribution is -0.141. The molecule has 1 amide bonds. The monoisotopic (exact) mass is 395 g/mol. The fourth-order valence-electron chi connectivity index (χ4n) is 3.36. The van der Waals surface area contributed by atoms with Crippen molar-refractivity contribution in [2.75, 3.05) is 24.5 Å². The number of anilines is 1. The van der Waals surface area contributed by atoms with Crippen molar-refractivity contribution in [2.24, 2.45) is 5.92 Å². The van der Waals surface area contributed by atoms with Crippen LogP contribution in [0.2, 0.25) is 0 Å². The summed E-state index contributed by atoms with van der Waals surface area (Å²) in [6.07, 6.45) is 0.412. The van der Waals surface area contributed by atoms with E-state index in [0.29, 0.717) is 25.6 Å². The Morgan fingerprint density at radius 2 is 2.14 bits per heavy atom. The molecule has 2 aromatic heterocycles. The van der Waals surface area contributed by atoms with Gasteiger partial charge in [0.25, 0.3) is 5.91 Å². The molecule has 0 radical (unpaired) electrons. The molecule has 1 saturated carbocycles. The number of nitrogens with zero attached hydrogens (tertiary/aromatic N) is 4. The van der Waals surface area contributed by atoms with E-state index in [4.69, 9.17) is 4.52 Å². The van der Waals surface area contributed by atoms with Gasteiger partial charge in [-0.1, -0.05) is 5.16 Å². The van der Waals surface area contributed by atoms with Crippen LogP contribution in [0.15, 0.2) is 22.9 Å². The van der Waals surface area contributed by atoms with Crippen molar-refractivity contribution in [3.8, 4) is 0 Å². The molecule has 4 rings (SSSR count). The molecule has 1 unspecified atom stereocenters. The summed E-state index contributed by atoms with van der Waals surface area (Å²) in [5.41, 5.74) is -0.139. The molecule has 1 N–H and O–H groups in total. The first-order valence-corrected chi connectivity index (χ1v) is 9.30. The van der Waals surface area contributed by atoms with Gasteiger partial charge in [-0.3, -0.25) is 4.79 Å². The molecule has 0 spiro atoms. The number of hydrogen-bond donors (Lipinski definition) is 1. The van der Waals surface area contributed by atoms with Gasteiger partial charge < -0.3 is 14.7 Å². The maximum absolute atomic E-state index is 12.9. The lowest BCUT2D eigenvalue weighted by Gasteiger charge is -2.32. The molecule has 28 heavy (non-hydrogen) atoms. The molecular formula is C18H20F3N5O2. The first kappa shape index (κ1) is 18.7. The zero-order valence-corrected chi connectivity index (χ0v) is 15.1. The molecule has 10 heteroatoms. The number of hydrogen-bond acceptors (Lipinski definition) is 6. The van der Waals surface area contributed by atoms with E-state index < -0.39 is 11.9 Å². The number of rotatable bonds is 5. The molecule has 1 aliphatic heterocycles. The third-order valence-electron chi connectivity index (χ3n) is 5.03. The second kappa shape index (κ2) is 7.40. The summed E-state index contributed by atoms with van der Waals surface area (Å²) in [5, 5.41) is 6.75. The smallest absolute Gasteiger partial charge is 0.351 e. The highest BCUT2D eigenvalue weighted by Crippen LogP contribution is 2.39. The Bertz CT molecular complexity index is 850. The van der Waals surface area contributed by atoms with Gasteiger partial charge in [-0.25, -0.2) is 9.97 Å². The Balaban J connectivity index is 1.34. The van der Waals surface area contributed by atoms with E-state index in [0.717, 1.165) is 43.6 Å². The predicted octanol–water partition coefficient (Wildman–Crippen LogP) is 3.01. The molecule has 1 saturated heterocycles. The molecule has 2 aromatic rings. The first-order chi connectivity index (χ1) is 13.4. The van der Waals surface area contributed by atoms with Crippen molar-refractivity contribution in [3.63, 3.8) is 0 Å². The maximum atomic E-state index is 12.9. The van der Waals surface area contributed by atoms with Crippen molar-refractivity contribution in [2.45, 2.75) is 37.8 Å². The molecule has 0 bridgehead atoms. The standard InChI is InChI=1S/C18H20F3N5O2/c19-18(20,21)15-5-6-22-17(24-15)26-7-1-2-11(10-26)9-23-16(27)14-8-13(25-28-14)12-3-4-12/h5-6,8,11-12H,1-4,7,9-10H2,(H,23,27). The molecular weight excluding hydrogens is 375 g/mol. The third-order valence-corrected chi connectivity index (χ3v) is 5.03. The fraction of sp³-hybridized carbons (Fsp3) is 0.556. The van der Waals surface area contributed by atoms with Gasteiger partial charge in [0, 0.05) is 37.8 Å². The van der Waals surface area contributed by atoms with Crippen molar-refractivity contribution >= 4 is 11.9 Å². The number of nitrogens with one attached hydrogen (secondary N) is 1. The van der Waals surface area contributed by atoms with E-state index in [1.165, 1.54) is 0 Å². The summed E-state index contributed by atoms with van der Waals surface area (Å²) < 4.78 is 43.7. The van der Waals surface area contributed by atoms with Crippen LogP contribution in [0.25, 0.3) is 0 Å². The average Bonchev–Trinajstić information content (AvgIpc) is 3.42.